The Kier molecular flexibility index (Phi) is 8.90. The molecule has 3 amide bonds. The van der Waals surface area contributed by atoms with Crippen molar-refractivity contribution in [2.75, 3.05) is 52.4 Å². The molecule has 2 heterocycles. The van der Waals surface area contributed by atoms with Gasteiger partial charge in [-0.3, -0.25) is 14.4 Å². The Morgan fingerprint density at radius 3 is 2.50 bits per heavy atom. The predicted molar refractivity (Wildman–Crippen MR) is 128 cm³/mol. The molecule has 0 bridgehead atoms. The lowest BCUT2D eigenvalue weighted by atomic mass is 9.99. The van der Waals surface area contributed by atoms with Crippen LogP contribution in [0.15, 0.2) is 18.2 Å². The van der Waals surface area contributed by atoms with Gasteiger partial charge >= 0.3 is 0 Å². The number of amides is 3. The molecule has 0 saturated carbocycles. The minimum atomic E-state index is -0.247. The first kappa shape index (κ1) is 26.0. The van der Waals surface area contributed by atoms with E-state index in [0.29, 0.717) is 56.1 Å². The summed E-state index contributed by atoms with van der Waals surface area (Å²) in [6.45, 7) is 7.74. The zero-order valence-corrected chi connectivity index (χ0v) is 20.8. The van der Waals surface area contributed by atoms with E-state index in [-0.39, 0.29) is 48.3 Å². The van der Waals surface area contributed by atoms with Gasteiger partial charge in [-0.15, -0.1) is 0 Å². The summed E-state index contributed by atoms with van der Waals surface area (Å²) >= 11 is 0. The monoisotopic (exact) mass is 475 g/mol. The highest BCUT2D eigenvalue weighted by Gasteiger charge is 2.29. The Hall–Kier alpha value is -2.65. The van der Waals surface area contributed by atoms with Crippen LogP contribution in [-0.2, 0) is 19.1 Å². The Bertz CT molecular complexity index is 885. The Labute approximate surface area is 201 Å². The number of nitrogens with zero attached hydrogens (tertiary/aromatic N) is 2. The van der Waals surface area contributed by atoms with Crippen molar-refractivity contribution in [1.82, 2.24) is 9.80 Å². The predicted octanol–water partition coefficient (Wildman–Crippen LogP) is 2.40. The fraction of sp³-hybridized carbons (Fsp3) is 0.640. The third-order valence-corrected chi connectivity index (χ3v) is 6.71. The molecule has 1 saturated heterocycles. The van der Waals surface area contributed by atoms with Gasteiger partial charge in [-0.05, 0) is 38.0 Å². The van der Waals surface area contributed by atoms with Gasteiger partial charge in [0.05, 0.1) is 17.7 Å². The molecule has 2 aliphatic heterocycles. The summed E-state index contributed by atoms with van der Waals surface area (Å²) in [5.74, 6) is -0.00736. The SMILES string of the molecule is CO[C@@H]1CN(C)C(=O)c2cc(NC(=O)C3CCOCC3)ccc2OC[C@H](C)N(C(C)=O)C[C@@H]1C. The summed E-state index contributed by atoms with van der Waals surface area (Å²) in [4.78, 5) is 41.8. The van der Waals surface area contributed by atoms with Crippen LogP contribution in [0.5, 0.6) is 5.75 Å². The quantitative estimate of drug-likeness (QED) is 0.721. The highest BCUT2D eigenvalue weighted by Crippen LogP contribution is 2.27. The highest BCUT2D eigenvalue weighted by atomic mass is 16.5. The van der Waals surface area contributed by atoms with Crippen LogP contribution in [0.4, 0.5) is 5.69 Å². The molecule has 1 aromatic rings. The molecule has 34 heavy (non-hydrogen) atoms. The maximum absolute atomic E-state index is 13.4. The second kappa shape index (κ2) is 11.7. The van der Waals surface area contributed by atoms with E-state index in [1.807, 2.05) is 13.8 Å². The molecule has 0 aliphatic carbocycles. The summed E-state index contributed by atoms with van der Waals surface area (Å²) in [6, 6.07) is 4.91. The van der Waals surface area contributed by atoms with Crippen LogP contribution < -0.4 is 10.1 Å². The van der Waals surface area contributed by atoms with Crippen LogP contribution >= 0.6 is 0 Å². The summed E-state index contributed by atoms with van der Waals surface area (Å²) in [5, 5.41) is 2.94. The third-order valence-electron chi connectivity index (χ3n) is 6.71. The van der Waals surface area contributed by atoms with Crippen LogP contribution in [-0.4, -0.2) is 86.7 Å². The average molecular weight is 476 g/mol. The Morgan fingerprint density at radius 1 is 1.15 bits per heavy atom. The first-order valence-corrected chi connectivity index (χ1v) is 11.9. The molecule has 0 radical (unpaired) electrons. The van der Waals surface area contributed by atoms with E-state index < -0.39 is 0 Å². The molecular formula is C25H37N3O6. The number of likely N-dealkylation sites (N-methyl/N-ethyl adjacent to an activating group) is 1. The normalized spacial score (nSPS) is 25.0. The molecule has 0 spiro atoms. The molecule has 1 fully saturated rings. The zero-order chi connectivity index (χ0) is 24.8. The summed E-state index contributed by atoms with van der Waals surface area (Å²) in [5.41, 5.74) is 0.902. The van der Waals surface area contributed by atoms with Crippen molar-refractivity contribution in [3.63, 3.8) is 0 Å². The number of ether oxygens (including phenoxy) is 3. The van der Waals surface area contributed by atoms with Gasteiger partial charge < -0.3 is 29.3 Å². The summed E-state index contributed by atoms with van der Waals surface area (Å²) in [7, 11) is 3.34. The maximum Gasteiger partial charge on any atom is 0.257 e. The third kappa shape index (κ3) is 6.27. The minimum Gasteiger partial charge on any atom is -0.491 e. The fourth-order valence-corrected chi connectivity index (χ4v) is 4.50. The minimum absolute atomic E-state index is 0.00981. The number of carbonyl (C=O) groups excluding carboxylic acids is 3. The number of methoxy groups -OCH3 is 1. The molecule has 2 aliphatic rings. The highest BCUT2D eigenvalue weighted by molar-refractivity contribution is 5.99. The van der Waals surface area contributed by atoms with Gasteiger partial charge in [0.1, 0.15) is 12.4 Å². The number of hydrogen-bond acceptors (Lipinski definition) is 6. The number of carbonyl (C=O) groups is 3. The number of fused-ring (bicyclic) bond motifs is 1. The number of nitrogens with one attached hydrogen (secondary N) is 1. The molecule has 3 atom stereocenters. The van der Waals surface area contributed by atoms with E-state index in [9.17, 15) is 14.4 Å². The lowest BCUT2D eigenvalue weighted by Gasteiger charge is -2.35. The van der Waals surface area contributed by atoms with Crippen LogP contribution in [0.1, 0.15) is 44.0 Å². The summed E-state index contributed by atoms with van der Waals surface area (Å²) < 4.78 is 17.1. The smallest absolute Gasteiger partial charge is 0.257 e. The number of anilines is 1. The molecule has 188 valence electrons. The fourth-order valence-electron chi connectivity index (χ4n) is 4.50. The largest absolute Gasteiger partial charge is 0.491 e. The van der Waals surface area contributed by atoms with E-state index in [4.69, 9.17) is 14.2 Å². The molecule has 9 heteroatoms. The number of hydrogen-bond donors (Lipinski definition) is 1. The van der Waals surface area contributed by atoms with E-state index in [0.717, 1.165) is 0 Å². The van der Waals surface area contributed by atoms with Gasteiger partial charge in [0.25, 0.3) is 5.91 Å². The first-order chi connectivity index (χ1) is 16.2. The van der Waals surface area contributed by atoms with Gasteiger partial charge in [-0.2, -0.15) is 0 Å². The van der Waals surface area contributed by atoms with E-state index in [1.54, 1.807) is 49.1 Å². The molecule has 3 rings (SSSR count). The average Bonchev–Trinajstić information content (AvgIpc) is 2.83. The van der Waals surface area contributed by atoms with Crippen molar-refractivity contribution in [2.24, 2.45) is 11.8 Å². The van der Waals surface area contributed by atoms with Crippen molar-refractivity contribution >= 4 is 23.4 Å². The van der Waals surface area contributed by atoms with Crippen molar-refractivity contribution in [3.05, 3.63) is 23.8 Å². The second-order valence-electron chi connectivity index (χ2n) is 9.36. The molecule has 9 nitrogen and oxygen atoms in total. The van der Waals surface area contributed by atoms with Crippen molar-refractivity contribution in [1.29, 1.82) is 0 Å². The van der Waals surface area contributed by atoms with Crippen LogP contribution in [0.3, 0.4) is 0 Å². The van der Waals surface area contributed by atoms with Gasteiger partial charge in [0, 0.05) is 64.9 Å². The van der Waals surface area contributed by atoms with Crippen molar-refractivity contribution in [3.8, 4) is 5.75 Å². The first-order valence-electron chi connectivity index (χ1n) is 11.9. The van der Waals surface area contributed by atoms with Crippen LogP contribution in [0, 0.1) is 11.8 Å². The topological polar surface area (TPSA) is 97.4 Å². The van der Waals surface area contributed by atoms with Crippen LogP contribution in [0.25, 0.3) is 0 Å². The standard InChI is InChI=1S/C25H37N3O6/c1-16-13-28(18(3)29)17(2)15-34-22-7-6-20(26-24(30)19-8-10-33-11-9-19)12-21(22)25(31)27(4)14-23(16)32-5/h6-7,12,16-17,19,23H,8-11,13-15H2,1-5H3,(H,26,30)/t16-,17-,23+/m0/s1. The van der Waals surface area contributed by atoms with Crippen molar-refractivity contribution in [2.45, 2.75) is 45.8 Å². The van der Waals surface area contributed by atoms with Crippen molar-refractivity contribution < 1.29 is 28.6 Å². The molecule has 1 aromatic carbocycles. The molecule has 0 unspecified atom stereocenters. The lowest BCUT2D eigenvalue weighted by Crippen LogP contribution is -2.48. The van der Waals surface area contributed by atoms with E-state index >= 15 is 0 Å². The number of rotatable bonds is 3. The maximum atomic E-state index is 13.4. The van der Waals surface area contributed by atoms with Gasteiger partial charge in [-0.25, -0.2) is 0 Å². The van der Waals surface area contributed by atoms with E-state index in [1.165, 1.54) is 0 Å². The van der Waals surface area contributed by atoms with Gasteiger partial charge in [0.15, 0.2) is 0 Å². The lowest BCUT2D eigenvalue weighted by molar-refractivity contribution is -0.133. The Balaban J connectivity index is 1.89. The number of benzene rings is 1. The van der Waals surface area contributed by atoms with Gasteiger partial charge in [-0.1, -0.05) is 6.92 Å². The van der Waals surface area contributed by atoms with E-state index in [2.05, 4.69) is 5.32 Å². The summed E-state index contributed by atoms with van der Waals surface area (Å²) in [6.07, 6.45) is 1.12. The molecular weight excluding hydrogens is 438 g/mol. The zero-order valence-electron chi connectivity index (χ0n) is 20.8. The van der Waals surface area contributed by atoms with Gasteiger partial charge in [0.2, 0.25) is 11.8 Å². The Morgan fingerprint density at radius 2 is 1.85 bits per heavy atom. The molecule has 0 aromatic heterocycles. The van der Waals surface area contributed by atoms with Crippen LogP contribution in [0.2, 0.25) is 0 Å². The molecule has 1 N–H and O–H groups in total. The second-order valence-corrected chi connectivity index (χ2v) is 9.36.